The second-order valence-electron chi connectivity index (χ2n) is 5.54. The molecule has 0 bridgehead atoms. The Morgan fingerprint density at radius 1 is 1.12 bits per heavy atom. The number of nitro groups is 1. The summed E-state index contributed by atoms with van der Waals surface area (Å²) in [6, 6.07) is 11.1. The molecular formula is C17H14N4O4. The van der Waals surface area contributed by atoms with Crippen molar-refractivity contribution in [3.8, 4) is 11.3 Å². The van der Waals surface area contributed by atoms with E-state index in [0.717, 1.165) is 16.7 Å². The minimum Gasteiger partial charge on any atom is -0.302 e. The van der Waals surface area contributed by atoms with Gasteiger partial charge in [0.25, 0.3) is 11.6 Å². The van der Waals surface area contributed by atoms with Crippen LogP contribution in [0.2, 0.25) is 0 Å². The molecule has 3 aromatic rings. The lowest BCUT2D eigenvalue weighted by Gasteiger charge is -2.06. The fourth-order valence-electron chi connectivity index (χ4n) is 2.35. The van der Waals surface area contributed by atoms with Crippen molar-refractivity contribution in [3.63, 3.8) is 0 Å². The minimum absolute atomic E-state index is 0.0873. The number of hydrogen-bond donors (Lipinski definition) is 1. The molecule has 126 valence electrons. The van der Waals surface area contributed by atoms with Gasteiger partial charge in [-0.05, 0) is 47.9 Å². The molecular weight excluding hydrogens is 324 g/mol. The molecule has 1 heterocycles. The van der Waals surface area contributed by atoms with E-state index in [2.05, 4.69) is 15.6 Å². The molecule has 0 saturated heterocycles. The molecule has 8 nitrogen and oxygen atoms in total. The zero-order chi connectivity index (χ0) is 18.0. The van der Waals surface area contributed by atoms with Gasteiger partial charge in [-0.1, -0.05) is 17.7 Å². The quantitative estimate of drug-likeness (QED) is 0.575. The topological polar surface area (TPSA) is 111 Å². The van der Waals surface area contributed by atoms with Crippen LogP contribution in [0.1, 0.15) is 21.5 Å². The van der Waals surface area contributed by atoms with Crippen LogP contribution in [0, 0.1) is 24.0 Å². The van der Waals surface area contributed by atoms with Gasteiger partial charge in [-0.2, -0.15) is 0 Å². The Morgan fingerprint density at radius 3 is 2.52 bits per heavy atom. The minimum atomic E-state index is -0.526. The van der Waals surface area contributed by atoms with Gasteiger partial charge in [0, 0.05) is 23.3 Å². The fourth-order valence-corrected chi connectivity index (χ4v) is 2.35. The Balaban J connectivity index is 1.87. The molecule has 0 fully saturated rings. The Hall–Kier alpha value is -3.55. The molecule has 2 aromatic carbocycles. The van der Waals surface area contributed by atoms with Gasteiger partial charge < -0.3 is 5.32 Å². The Morgan fingerprint density at radius 2 is 1.84 bits per heavy atom. The van der Waals surface area contributed by atoms with E-state index in [4.69, 9.17) is 4.63 Å². The van der Waals surface area contributed by atoms with Crippen LogP contribution < -0.4 is 5.32 Å². The predicted octanol–water partition coefficient (Wildman–Crippen LogP) is 3.51. The molecule has 8 heteroatoms. The van der Waals surface area contributed by atoms with Crippen LogP contribution in [0.4, 0.5) is 11.5 Å². The molecule has 0 aliphatic heterocycles. The standard InChI is InChI=1S/C17H14N4O4/c1-10-3-4-11(2)14(9-10)15-16(20-25-19-15)18-17(22)12-5-7-13(8-6-12)21(23)24/h3-9H,1-2H3,(H,18,20,22). The van der Waals surface area contributed by atoms with Crippen molar-refractivity contribution in [1.29, 1.82) is 0 Å². The number of aromatic nitrogens is 2. The number of anilines is 1. The molecule has 25 heavy (non-hydrogen) atoms. The number of non-ortho nitro benzene ring substituents is 1. The molecule has 0 saturated carbocycles. The van der Waals surface area contributed by atoms with Crippen molar-refractivity contribution in [2.45, 2.75) is 13.8 Å². The normalized spacial score (nSPS) is 10.5. The third-order valence-corrected chi connectivity index (χ3v) is 3.71. The van der Waals surface area contributed by atoms with E-state index >= 15 is 0 Å². The average molecular weight is 338 g/mol. The van der Waals surface area contributed by atoms with Gasteiger partial charge in [0.1, 0.15) is 0 Å². The summed E-state index contributed by atoms with van der Waals surface area (Å²) in [4.78, 5) is 22.5. The number of nitrogens with one attached hydrogen (secondary N) is 1. The number of hydrogen-bond acceptors (Lipinski definition) is 6. The molecule has 1 aromatic heterocycles. The maximum Gasteiger partial charge on any atom is 0.269 e. The molecule has 1 amide bonds. The van der Waals surface area contributed by atoms with E-state index in [-0.39, 0.29) is 17.1 Å². The molecule has 3 rings (SSSR count). The van der Waals surface area contributed by atoms with Crippen molar-refractivity contribution in [2.75, 3.05) is 5.32 Å². The van der Waals surface area contributed by atoms with E-state index < -0.39 is 10.8 Å². The fraction of sp³-hybridized carbons (Fsp3) is 0.118. The summed E-state index contributed by atoms with van der Waals surface area (Å²) < 4.78 is 4.78. The van der Waals surface area contributed by atoms with E-state index in [1.165, 1.54) is 24.3 Å². The molecule has 0 atom stereocenters. The van der Waals surface area contributed by atoms with Crippen molar-refractivity contribution < 1.29 is 14.3 Å². The molecule has 0 aliphatic carbocycles. The Kier molecular flexibility index (Phi) is 4.25. The second-order valence-corrected chi connectivity index (χ2v) is 5.54. The van der Waals surface area contributed by atoms with Crippen LogP contribution in [-0.2, 0) is 0 Å². The number of benzene rings is 2. The SMILES string of the molecule is Cc1ccc(C)c(-c2nonc2NC(=O)c2ccc([N+](=O)[O-])cc2)c1. The second kappa shape index (κ2) is 6.52. The summed E-state index contributed by atoms with van der Waals surface area (Å²) in [6.07, 6.45) is 0. The van der Waals surface area contributed by atoms with Gasteiger partial charge in [0.15, 0.2) is 5.69 Å². The highest BCUT2D eigenvalue weighted by Crippen LogP contribution is 2.28. The summed E-state index contributed by atoms with van der Waals surface area (Å²) >= 11 is 0. The van der Waals surface area contributed by atoms with Crippen LogP contribution in [0.3, 0.4) is 0 Å². The van der Waals surface area contributed by atoms with Crippen LogP contribution in [0.25, 0.3) is 11.3 Å². The van der Waals surface area contributed by atoms with Gasteiger partial charge in [-0.3, -0.25) is 14.9 Å². The Labute approximate surface area is 142 Å². The molecule has 0 radical (unpaired) electrons. The lowest BCUT2D eigenvalue weighted by molar-refractivity contribution is -0.384. The highest BCUT2D eigenvalue weighted by molar-refractivity contribution is 6.05. The van der Waals surface area contributed by atoms with E-state index in [9.17, 15) is 14.9 Å². The monoisotopic (exact) mass is 338 g/mol. The summed E-state index contributed by atoms with van der Waals surface area (Å²) in [7, 11) is 0. The number of nitro benzene ring substituents is 1. The molecule has 0 spiro atoms. The Bertz CT molecular complexity index is 948. The van der Waals surface area contributed by atoms with Crippen LogP contribution in [0.5, 0.6) is 0 Å². The first-order chi connectivity index (χ1) is 12.0. The third kappa shape index (κ3) is 3.37. The van der Waals surface area contributed by atoms with Crippen LogP contribution in [0.15, 0.2) is 47.1 Å². The maximum absolute atomic E-state index is 12.3. The maximum atomic E-state index is 12.3. The first-order valence-corrected chi connectivity index (χ1v) is 7.41. The average Bonchev–Trinajstić information content (AvgIpc) is 3.05. The number of carbonyl (C=O) groups is 1. The lowest BCUT2D eigenvalue weighted by atomic mass is 10.0. The van der Waals surface area contributed by atoms with E-state index in [0.29, 0.717) is 5.69 Å². The number of carbonyl (C=O) groups excluding carboxylic acids is 1. The summed E-state index contributed by atoms with van der Waals surface area (Å²) in [5.41, 5.74) is 3.41. The van der Waals surface area contributed by atoms with Crippen molar-refractivity contribution >= 4 is 17.4 Å². The first kappa shape index (κ1) is 16.3. The van der Waals surface area contributed by atoms with Gasteiger partial charge in [0.2, 0.25) is 5.82 Å². The van der Waals surface area contributed by atoms with Crippen molar-refractivity contribution in [3.05, 3.63) is 69.3 Å². The highest BCUT2D eigenvalue weighted by atomic mass is 16.6. The van der Waals surface area contributed by atoms with Crippen molar-refractivity contribution in [1.82, 2.24) is 10.3 Å². The van der Waals surface area contributed by atoms with E-state index in [1.54, 1.807) is 0 Å². The largest absolute Gasteiger partial charge is 0.302 e. The summed E-state index contributed by atoms with van der Waals surface area (Å²) in [6.45, 7) is 3.87. The number of rotatable bonds is 4. The number of amides is 1. The molecule has 0 aliphatic rings. The van der Waals surface area contributed by atoms with Crippen molar-refractivity contribution in [2.24, 2.45) is 0 Å². The van der Waals surface area contributed by atoms with Gasteiger partial charge >= 0.3 is 0 Å². The number of aryl methyl sites for hydroxylation is 2. The molecule has 0 unspecified atom stereocenters. The zero-order valence-electron chi connectivity index (χ0n) is 13.5. The summed E-state index contributed by atoms with van der Waals surface area (Å²) in [5.74, 6) is -0.269. The smallest absolute Gasteiger partial charge is 0.269 e. The van der Waals surface area contributed by atoms with Gasteiger partial charge in [-0.15, -0.1) is 0 Å². The van der Waals surface area contributed by atoms with Crippen LogP contribution in [-0.4, -0.2) is 21.1 Å². The highest BCUT2D eigenvalue weighted by Gasteiger charge is 2.18. The molecule has 1 N–H and O–H groups in total. The summed E-state index contributed by atoms with van der Waals surface area (Å²) in [5, 5.41) is 20.9. The van der Waals surface area contributed by atoms with Crippen LogP contribution >= 0.6 is 0 Å². The lowest BCUT2D eigenvalue weighted by Crippen LogP contribution is -2.13. The van der Waals surface area contributed by atoms with Gasteiger partial charge in [0.05, 0.1) is 4.92 Å². The third-order valence-electron chi connectivity index (χ3n) is 3.71. The predicted molar refractivity (Wildman–Crippen MR) is 90.3 cm³/mol. The zero-order valence-corrected chi connectivity index (χ0v) is 13.5. The number of nitrogens with zero attached hydrogens (tertiary/aromatic N) is 3. The first-order valence-electron chi connectivity index (χ1n) is 7.41. The van der Waals surface area contributed by atoms with E-state index in [1.807, 2.05) is 32.0 Å². The van der Waals surface area contributed by atoms with Gasteiger partial charge in [-0.25, -0.2) is 4.63 Å².